The minimum atomic E-state index is -0.966. The van der Waals surface area contributed by atoms with Gasteiger partial charge in [0.2, 0.25) is 0 Å². The number of rotatable bonds is 28. The van der Waals surface area contributed by atoms with E-state index in [9.17, 15) is 0 Å². The van der Waals surface area contributed by atoms with Crippen molar-refractivity contribution in [3.63, 3.8) is 0 Å². The Morgan fingerprint density at radius 2 is 0.667 bits per heavy atom. The monoisotopic (exact) mass is 1080 g/mol. The fraction of sp³-hybridized carbons (Fsp3) is 0.333. The maximum absolute atomic E-state index is 7.13. The summed E-state index contributed by atoms with van der Waals surface area (Å²) < 4.78 is 76.8. The Bertz CT molecular complexity index is 2610. The van der Waals surface area contributed by atoms with Crippen LogP contribution in [0.5, 0.6) is 0 Å². The first-order valence-corrected chi connectivity index (χ1v) is 27.9. The van der Waals surface area contributed by atoms with Gasteiger partial charge in [0, 0.05) is 0 Å². The molecule has 0 aliphatic carbocycles. The molecule has 0 N–H and O–H groups in total. The molecule has 12 heteroatoms. The molecular weight excluding hydrogens is 1010 g/mol. The minimum Gasteiger partial charge on any atom is -0.0622 e. The third-order valence-corrected chi connectivity index (χ3v) is 15.1. The summed E-state index contributed by atoms with van der Waals surface area (Å²) in [5, 5.41) is 0.812. The summed E-state index contributed by atoms with van der Waals surface area (Å²) >= 11 is 0.160. The van der Waals surface area contributed by atoms with Gasteiger partial charge in [0.15, 0.2) is 0 Å². The molecule has 0 saturated carbocycles. The van der Waals surface area contributed by atoms with Crippen LogP contribution in [0.15, 0.2) is 212 Å². The third-order valence-electron chi connectivity index (χ3n) is 13.1. The Kier molecular flexibility index (Phi) is 21.6. The van der Waals surface area contributed by atoms with Crippen LogP contribution in [0.2, 0.25) is 5.32 Å². The van der Waals surface area contributed by atoms with E-state index in [0.29, 0.717) is 39.6 Å². The molecule has 0 amide bonds. The molecule has 0 bridgehead atoms. The molecule has 2 aliphatic rings. The van der Waals surface area contributed by atoms with Crippen molar-refractivity contribution in [2.24, 2.45) is 0 Å². The van der Waals surface area contributed by atoms with Crippen molar-refractivity contribution in [3.05, 3.63) is 246 Å². The zero-order valence-corrected chi connectivity index (χ0v) is 44.2. The van der Waals surface area contributed by atoms with Crippen LogP contribution in [0.25, 0.3) is 0 Å². The first-order chi connectivity index (χ1) is 37.2. The van der Waals surface area contributed by atoms with Gasteiger partial charge in [-0.05, 0) is 11.1 Å². The maximum atomic E-state index is 7.13. The Morgan fingerprint density at radius 3 is 1.08 bits per heavy atom. The van der Waals surface area contributed by atoms with E-state index in [0.717, 1.165) is 38.7 Å². The molecule has 0 aromatic heterocycles. The molecule has 392 valence electrons. The average molecular weight is 1080 g/mol. The van der Waals surface area contributed by atoms with Gasteiger partial charge >= 0.3 is 324 Å². The van der Waals surface area contributed by atoms with E-state index >= 15 is 0 Å². The van der Waals surface area contributed by atoms with Gasteiger partial charge in [0.05, 0.1) is 6.61 Å². The molecule has 7 aromatic rings. The van der Waals surface area contributed by atoms with Gasteiger partial charge in [-0.3, -0.25) is 0 Å². The van der Waals surface area contributed by atoms with Crippen LogP contribution in [0.3, 0.4) is 0 Å². The van der Waals surface area contributed by atoms with Crippen LogP contribution in [-0.2, 0) is 91.7 Å². The smallest absolute Gasteiger partial charge is 0.0622 e. The molecule has 0 spiro atoms. The molecule has 10 atom stereocenters. The Morgan fingerprint density at radius 1 is 0.333 bits per heavy atom. The summed E-state index contributed by atoms with van der Waals surface area (Å²) in [7, 11) is 1.62. The molecule has 11 nitrogen and oxygen atoms in total. The molecule has 2 aliphatic heterocycles. The number of ether oxygens (including phenoxy) is 11. The summed E-state index contributed by atoms with van der Waals surface area (Å²) in [5.74, 6) is 0. The van der Waals surface area contributed by atoms with Crippen LogP contribution in [0.1, 0.15) is 33.4 Å². The van der Waals surface area contributed by atoms with Gasteiger partial charge in [0.25, 0.3) is 0 Å². The quantitative estimate of drug-likeness (QED) is 0.0346. The van der Waals surface area contributed by atoms with Gasteiger partial charge in [-0.1, -0.05) is 109 Å². The zero-order valence-electron chi connectivity index (χ0n) is 42.5. The average Bonchev–Trinajstić information content (AvgIpc) is 3.47. The fourth-order valence-corrected chi connectivity index (χ4v) is 10.8. The van der Waals surface area contributed by atoms with E-state index in [2.05, 4.69) is 48.5 Å². The molecule has 1 unspecified atom stereocenters. The first kappa shape index (κ1) is 54.4. The Hall–Kier alpha value is -5.38. The predicted octanol–water partition coefficient (Wildman–Crippen LogP) is 10.1. The van der Waals surface area contributed by atoms with E-state index in [-0.39, 0.29) is 34.8 Å². The van der Waals surface area contributed by atoms with Crippen LogP contribution in [-0.4, -0.2) is 103 Å². The zero-order chi connectivity index (χ0) is 51.1. The molecule has 2 saturated heterocycles. The van der Waals surface area contributed by atoms with Crippen LogP contribution < -0.4 is 4.46 Å². The van der Waals surface area contributed by atoms with Crippen molar-refractivity contribution < 1.29 is 52.1 Å². The van der Waals surface area contributed by atoms with Gasteiger partial charge in [-0.25, -0.2) is 0 Å². The minimum absolute atomic E-state index is 0.00688. The summed E-state index contributed by atoms with van der Waals surface area (Å²) in [6.45, 7) is 2.51. The van der Waals surface area contributed by atoms with Crippen molar-refractivity contribution in [2.75, 3.05) is 26.9 Å². The molecule has 0 radical (unpaired) electrons. The predicted molar refractivity (Wildman–Crippen MR) is 288 cm³/mol. The van der Waals surface area contributed by atoms with Crippen molar-refractivity contribution in [1.82, 2.24) is 0 Å². The van der Waals surface area contributed by atoms with Crippen LogP contribution in [0.4, 0.5) is 0 Å². The van der Waals surface area contributed by atoms with Gasteiger partial charge < -0.3 is 0 Å². The summed E-state index contributed by atoms with van der Waals surface area (Å²) in [5.41, 5.74) is 6.07. The normalized spacial score (nSPS) is 23.7. The molecule has 7 aromatic carbocycles. The van der Waals surface area contributed by atoms with E-state index in [1.54, 1.807) is 7.11 Å². The standard InChI is InChI=1S/C63H68O11Se/c1-64-62-60(71-44-52-33-19-7-20-34-52)58(69-42-50-29-15-5-16-30-50)57(68-41-49-27-13-4-14-28-49)55(73-62)46-72-63-61(66-37-38-75-53-35-21-8-22-36-53)59(70-43-51-31-17-6-18-32-51)56(67-40-48-25-11-3-12-26-48)54(74-63)45-65-39-47-23-9-2-10-24-47/h2-36,54-63H,37-46H2,1H3/t54-,55-,56-,57-,58+,59+,60-,61-,62+,63?/m1/s1. The Balaban J connectivity index is 1.04. The second-order valence-electron chi connectivity index (χ2n) is 18.5. The van der Waals surface area contributed by atoms with Crippen LogP contribution in [0, 0.1) is 0 Å². The third kappa shape index (κ3) is 16.6. The van der Waals surface area contributed by atoms with Gasteiger partial charge in [0.1, 0.15) is 0 Å². The molecule has 9 rings (SSSR count). The van der Waals surface area contributed by atoms with Crippen molar-refractivity contribution in [2.45, 2.75) is 106 Å². The Labute approximate surface area is 448 Å². The summed E-state index contributed by atoms with van der Waals surface area (Å²) in [4.78, 5) is 0. The second-order valence-corrected chi connectivity index (χ2v) is 20.9. The number of methoxy groups -OCH3 is 1. The molecule has 2 fully saturated rings. The second kappa shape index (κ2) is 29.8. The number of benzene rings is 7. The van der Waals surface area contributed by atoms with Crippen LogP contribution >= 0.6 is 0 Å². The topological polar surface area (TPSA) is 102 Å². The van der Waals surface area contributed by atoms with Crippen molar-refractivity contribution in [1.29, 1.82) is 0 Å². The van der Waals surface area contributed by atoms with E-state index in [4.69, 9.17) is 52.1 Å². The summed E-state index contributed by atoms with van der Waals surface area (Å²) in [6.07, 6.45) is -7.28. The van der Waals surface area contributed by atoms with Crippen molar-refractivity contribution in [3.8, 4) is 0 Å². The van der Waals surface area contributed by atoms with Gasteiger partial charge in [-0.15, -0.1) is 0 Å². The number of hydrogen-bond donors (Lipinski definition) is 0. The van der Waals surface area contributed by atoms with Crippen molar-refractivity contribution >= 4 is 19.4 Å². The SMILES string of the molecule is CO[C@H]1O[C@H](COC2O[C@H](COCc3ccccc3)[C@@H](OCc3ccccc3)[C@H](OCc3ccccc3)[C@H]2OCC[Se]c2ccccc2)[C@@H](OCc2ccccc2)[C@H](OCc2ccccc2)[C@H]1OCc1ccccc1. The number of hydrogen-bond acceptors (Lipinski definition) is 11. The molecule has 75 heavy (non-hydrogen) atoms. The summed E-state index contributed by atoms with van der Waals surface area (Å²) in [6, 6.07) is 71.1. The van der Waals surface area contributed by atoms with E-state index < -0.39 is 61.4 Å². The van der Waals surface area contributed by atoms with E-state index in [1.807, 2.05) is 164 Å². The van der Waals surface area contributed by atoms with Gasteiger partial charge in [-0.2, -0.15) is 0 Å². The molecular formula is C63H68O11Se. The first-order valence-electron chi connectivity index (χ1n) is 25.8. The fourth-order valence-electron chi connectivity index (χ4n) is 9.23. The molecule has 2 heterocycles. The van der Waals surface area contributed by atoms with E-state index in [1.165, 1.54) is 4.46 Å².